The maximum atomic E-state index is 12.0. The van der Waals surface area contributed by atoms with Crippen LogP contribution in [-0.4, -0.2) is 33.5 Å². The van der Waals surface area contributed by atoms with Gasteiger partial charge in [0.2, 0.25) is 11.0 Å². The second kappa shape index (κ2) is 9.75. The Morgan fingerprint density at radius 3 is 2.69 bits per heavy atom. The summed E-state index contributed by atoms with van der Waals surface area (Å²) >= 11 is 4.41. The standard InChI is InChI=1S/C18H15BrN6O3S/c19-12-4-6-13(7-5-12)21-17(28)22-18-25-24-16(29-18)9-15(27)23-20-10-11-2-1-3-14(26)8-11/h1-8,10,26H,9H2,(H,23,27)(H2,21,22,25,28)/b20-10-. The molecule has 0 fully saturated rings. The highest BCUT2D eigenvalue weighted by molar-refractivity contribution is 9.10. The molecule has 11 heteroatoms. The lowest BCUT2D eigenvalue weighted by atomic mass is 10.2. The van der Waals surface area contributed by atoms with Crippen molar-refractivity contribution in [2.45, 2.75) is 6.42 Å². The van der Waals surface area contributed by atoms with E-state index in [1.165, 1.54) is 18.3 Å². The molecule has 29 heavy (non-hydrogen) atoms. The van der Waals surface area contributed by atoms with Crippen LogP contribution in [0.4, 0.5) is 15.6 Å². The van der Waals surface area contributed by atoms with Crippen molar-refractivity contribution in [3.8, 4) is 5.75 Å². The topological polar surface area (TPSA) is 129 Å². The third-order valence-corrected chi connectivity index (χ3v) is 4.74. The molecule has 0 aliphatic heterocycles. The lowest BCUT2D eigenvalue weighted by Gasteiger charge is -2.04. The second-order valence-corrected chi connectivity index (χ2v) is 7.63. The maximum Gasteiger partial charge on any atom is 0.325 e. The Bertz CT molecular complexity index is 1040. The Morgan fingerprint density at radius 2 is 1.93 bits per heavy atom. The fourth-order valence-corrected chi connectivity index (χ4v) is 3.13. The summed E-state index contributed by atoms with van der Waals surface area (Å²) in [6, 6.07) is 13.1. The van der Waals surface area contributed by atoms with E-state index in [2.05, 4.69) is 47.3 Å². The Balaban J connectivity index is 1.47. The molecule has 3 aromatic rings. The van der Waals surface area contributed by atoms with Gasteiger partial charge in [-0.15, -0.1) is 10.2 Å². The number of rotatable bonds is 6. The van der Waals surface area contributed by atoms with Crippen molar-refractivity contribution in [3.05, 3.63) is 63.6 Å². The number of aromatic nitrogens is 2. The molecule has 0 aliphatic rings. The molecular weight excluding hydrogens is 460 g/mol. The van der Waals surface area contributed by atoms with Crippen molar-refractivity contribution in [3.63, 3.8) is 0 Å². The number of halogens is 1. The number of hydrogen-bond acceptors (Lipinski definition) is 7. The number of nitrogens with one attached hydrogen (secondary N) is 3. The molecule has 0 aliphatic carbocycles. The molecule has 0 atom stereocenters. The van der Waals surface area contributed by atoms with Crippen molar-refractivity contribution in [1.82, 2.24) is 15.6 Å². The van der Waals surface area contributed by atoms with Gasteiger partial charge in [-0.05, 0) is 42.0 Å². The number of phenols is 1. The molecule has 0 saturated carbocycles. The summed E-state index contributed by atoms with van der Waals surface area (Å²) in [5, 5.41) is 26.9. The number of aromatic hydroxyl groups is 1. The highest BCUT2D eigenvalue weighted by Gasteiger charge is 2.11. The van der Waals surface area contributed by atoms with Crippen LogP contribution in [0.25, 0.3) is 0 Å². The fraction of sp³-hybridized carbons (Fsp3) is 0.0556. The minimum absolute atomic E-state index is 0.0366. The third kappa shape index (κ3) is 6.66. The first-order valence-electron chi connectivity index (χ1n) is 8.25. The van der Waals surface area contributed by atoms with Crippen LogP contribution in [0.15, 0.2) is 58.1 Å². The highest BCUT2D eigenvalue weighted by Crippen LogP contribution is 2.17. The van der Waals surface area contributed by atoms with E-state index in [1.54, 1.807) is 36.4 Å². The minimum atomic E-state index is -0.463. The number of anilines is 2. The van der Waals surface area contributed by atoms with Gasteiger partial charge in [-0.1, -0.05) is 39.4 Å². The number of carbonyl (C=O) groups excluding carboxylic acids is 2. The van der Waals surface area contributed by atoms with Crippen LogP contribution in [0.3, 0.4) is 0 Å². The molecule has 0 radical (unpaired) electrons. The van der Waals surface area contributed by atoms with Crippen molar-refractivity contribution in [1.29, 1.82) is 0 Å². The lowest BCUT2D eigenvalue weighted by Crippen LogP contribution is -2.19. The first kappa shape index (κ1) is 20.4. The molecular formula is C18H15BrN6O3S. The predicted octanol–water partition coefficient (Wildman–Crippen LogP) is 3.34. The predicted molar refractivity (Wildman–Crippen MR) is 114 cm³/mol. The Hall–Kier alpha value is -3.31. The number of phenolic OH excluding ortho intramolecular Hbond substituents is 1. The van der Waals surface area contributed by atoms with Gasteiger partial charge in [0.25, 0.3) is 0 Å². The molecule has 0 spiro atoms. The van der Waals surface area contributed by atoms with E-state index < -0.39 is 6.03 Å². The number of nitrogens with zero attached hydrogens (tertiary/aromatic N) is 3. The van der Waals surface area contributed by atoms with Gasteiger partial charge in [0.15, 0.2) is 0 Å². The fourth-order valence-electron chi connectivity index (χ4n) is 2.13. The van der Waals surface area contributed by atoms with Crippen molar-refractivity contribution in [2.75, 3.05) is 10.6 Å². The van der Waals surface area contributed by atoms with E-state index in [4.69, 9.17) is 0 Å². The van der Waals surface area contributed by atoms with Gasteiger partial charge >= 0.3 is 6.03 Å². The lowest BCUT2D eigenvalue weighted by molar-refractivity contribution is -0.120. The third-order valence-electron chi connectivity index (χ3n) is 3.37. The van der Waals surface area contributed by atoms with E-state index in [1.807, 2.05) is 0 Å². The second-order valence-electron chi connectivity index (χ2n) is 5.65. The molecule has 9 nitrogen and oxygen atoms in total. The number of hydrogen-bond donors (Lipinski definition) is 4. The average Bonchev–Trinajstić information content (AvgIpc) is 3.10. The van der Waals surface area contributed by atoms with Gasteiger partial charge in [-0.3, -0.25) is 10.1 Å². The SMILES string of the molecule is O=C(Cc1nnc(NC(=O)Nc2ccc(Br)cc2)s1)N/N=C\c1cccc(O)c1. The number of carbonyl (C=O) groups is 2. The summed E-state index contributed by atoms with van der Waals surface area (Å²) in [4.78, 5) is 23.9. The summed E-state index contributed by atoms with van der Waals surface area (Å²) in [6.07, 6.45) is 1.38. The van der Waals surface area contributed by atoms with E-state index in [0.717, 1.165) is 15.8 Å². The molecule has 4 N–H and O–H groups in total. The number of benzene rings is 2. The van der Waals surface area contributed by atoms with Crippen molar-refractivity contribution in [2.24, 2.45) is 5.10 Å². The number of amides is 3. The smallest absolute Gasteiger partial charge is 0.325 e. The molecule has 2 aromatic carbocycles. The van der Waals surface area contributed by atoms with Crippen LogP contribution in [0.2, 0.25) is 0 Å². The average molecular weight is 475 g/mol. The summed E-state index contributed by atoms with van der Waals surface area (Å²) in [5.41, 5.74) is 3.64. The molecule has 0 unspecified atom stereocenters. The Kier molecular flexibility index (Phi) is 6.87. The zero-order valence-corrected chi connectivity index (χ0v) is 17.2. The summed E-state index contributed by atoms with van der Waals surface area (Å²) in [5.74, 6) is -0.276. The van der Waals surface area contributed by atoms with Crippen molar-refractivity contribution >= 4 is 56.2 Å². The quantitative estimate of drug-likeness (QED) is 0.321. The van der Waals surface area contributed by atoms with E-state index >= 15 is 0 Å². The Labute approximate surface area is 178 Å². The summed E-state index contributed by atoms with van der Waals surface area (Å²) in [6.45, 7) is 0. The molecule has 3 rings (SSSR count). The van der Waals surface area contributed by atoms with Crippen LogP contribution in [0, 0.1) is 0 Å². The molecule has 1 heterocycles. The van der Waals surface area contributed by atoms with Gasteiger partial charge in [0.1, 0.15) is 10.8 Å². The zero-order valence-electron chi connectivity index (χ0n) is 14.8. The molecule has 0 bridgehead atoms. The normalized spacial score (nSPS) is 10.7. The molecule has 3 amide bonds. The van der Waals surface area contributed by atoms with E-state index in [0.29, 0.717) is 16.3 Å². The summed E-state index contributed by atoms with van der Waals surface area (Å²) < 4.78 is 0.904. The van der Waals surface area contributed by atoms with Crippen molar-refractivity contribution < 1.29 is 14.7 Å². The van der Waals surface area contributed by atoms with Crippen LogP contribution in [-0.2, 0) is 11.2 Å². The number of urea groups is 1. The van der Waals surface area contributed by atoms with E-state index in [9.17, 15) is 14.7 Å². The molecule has 1 aromatic heterocycles. The largest absolute Gasteiger partial charge is 0.508 e. The van der Waals surface area contributed by atoms with Crippen LogP contribution in [0.1, 0.15) is 10.6 Å². The minimum Gasteiger partial charge on any atom is -0.508 e. The zero-order chi connectivity index (χ0) is 20.6. The van der Waals surface area contributed by atoms with Gasteiger partial charge in [0, 0.05) is 10.2 Å². The van der Waals surface area contributed by atoms with Gasteiger partial charge < -0.3 is 10.4 Å². The maximum absolute atomic E-state index is 12.0. The molecule has 148 valence electrons. The van der Waals surface area contributed by atoms with E-state index in [-0.39, 0.29) is 23.2 Å². The monoisotopic (exact) mass is 474 g/mol. The van der Waals surface area contributed by atoms with Crippen LogP contribution >= 0.6 is 27.3 Å². The van der Waals surface area contributed by atoms with Gasteiger partial charge in [-0.2, -0.15) is 5.10 Å². The Morgan fingerprint density at radius 1 is 1.14 bits per heavy atom. The molecule has 0 saturated heterocycles. The van der Waals surface area contributed by atoms with Crippen LogP contribution < -0.4 is 16.1 Å². The number of hydrazone groups is 1. The van der Waals surface area contributed by atoms with Crippen LogP contribution in [0.5, 0.6) is 5.75 Å². The van der Waals surface area contributed by atoms with Gasteiger partial charge in [0.05, 0.1) is 12.6 Å². The highest BCUT2D eigenvalue weighted by atomic mass is 79.9. The first-order chi connectivity index (χ1) is 14.0. The van der Waals surface area contributed by atoms with Gasteiger partial charge in [-0.25, -0.2) is 10.2 Å². The summed E-state index contributed by atoms with van der Waals surface area (Å²) in [7, 11) is 0. The first-order valence-corrected chi connectivity index (χ1v) is 9.86.